The first kappa shape index (κ1) is 6.65. The molecule has 0 radical (unpaired) electrons. The quantitative estimate of drug-likeness (QED) is 0.529. The number of carbonyl (C=O) groups is 1. The van der Waals surface area contributed by atoms with Gasteiger partial charge in [-0.15, -0.1) is 0 Å². The SMILES string of the molecule is O=CC1CC1(CF)CF. The molecule has 1 atom stereocenters. The van der Waals surface area contributed by atoms with Crippen molar-refractivity contribution in [1.29, 1.82) is 0 Å². The first-order chi connectivity index (χ1) is 4.29. The van der Waals surface area contributed by atoms with Crippen LogP contribution in [0.1, 0.15) is 6.42 Å². The Bertz CT molecular complexity index is 120. The summed E-state index contributed by atoms with van der Waals surface area (Å²) in [6, 6.07) is 0. The van der Waals surface area contributed by atoms with Gasteiger partial charge in [0.2, 0.25) is 0 Å². The summed E-state index contributed by atoms with van der Waals surface area (Å²) < 4.78 is 23.7. The number of hydrogen-bond acceptors (Lipinski definition) is 1. The maximum absolute atomic E-state index is 11.9. The number of rotatable bonds is 3. The van der Waals surface area contributed by atoms with Crippen molar-refractivity contribution in [3.63, 3.8) is 0 Å². The maximum atomic E-state index is 11.9. The third-order valence-corrected chi connectivity index (χ3v) is 1.95. The van der Waals surface area contributed by atoms with E-state index >= 15 is 0 Å². The van der Waals surface area contributed by atoms with E-state index in [0.717, 1.165) is 0 Å². The van der Waals surface area contributed by atoms with Crippen molar-refractivity contribution in [3.05, 3.63) is 0 Å². The van der Waals surface area contributed by atoms with Crippen molar-refractivity contribution in [2.24, 2.45) is 11.3 Å². The molecule has 1 unspecified atom stereocenters. The van der Waals surface area contributed by atoms with Gasteiger partial charge in [0, 0.05) is 11.3 Å². The molecule has 1 nitrogen and oxygen atoms in total. The Labute approximate surface area is 52.1 Å². The molecule has 0 aromatic carbocycles. The van der Waals surface area contributed by atoms with Crippen molar-refractivity contribution in [1.82, 2.24) is 0 Å². The van der Waals surface area contributed by atoms with Crippen LogP contribution in [0.2, 0.25) is 0 Å². The summed E-state index contributed by atoms with van der Waals surface area (Å²) >= 11 is 0. The van der Waals surface area contributed by atoms with E-state index in [4.69, 9.17) is 0 Å². The van der Waals surface area contributed by atoms with Gasteiger partial charge in [0.05, 0.1) is 13.3 Å². The molecule has 1 aliphatic rings. The van der Waals surface area contributed by atoms with Crippen molar-refractivity contribution in [2.75, 3.05) is 13.3 Å². The van der Waals surface area contributed by atoms with Crippen LogP contribution in [0, 0.1) is 11.3 Å². The lowest BCUT2D eigenvalue weighted by Gasteiger charge is -2.01. The minimum Gasteiger partial charge on any atom is -0.303 e. The van der Waals surface area contributed by atoms with Crippen LogP contribution in [0.3, 0.4) is 0 Å². The van der Waals surface area contributed by atoms with Crippen LogP contribution in [0.25, 0.3) is 0 Å². The predicted molar refractivity (Wildman–Crippen MR) is 28.6 cm³/mol. The van der Waals surface area contributed by atoms with E-state index in [1.807, 2.05) is 0 Å². The van der Waals surface area contributed by atoms with Crippen LogP contribution in [-0.4, -0.2) is 19.6 Å². The summed E-state index contributed by atoms with van der Waals surface area (Å²) in [6.07, 6.45) is 1.03. The highest BCUT2D eigenvalue weighted by atomic mass is 19.1. The molecule has 0 spiro atoms. The Balaban J connectivity index is 2.46. The van der Waals surface area contributed by atoms with Gasteiger partial charge >= 0.3 is 0 Å². The van der Waals surface area contributed by atoms with Gasteiger partial charge in [0.1, 0.15) is 6.29 Å². The Kier molecular flexibility index (Phi) is 1.51. The number of aldehydes is 1. The molecule has 3 heteroatoms. The zero-order chi connectivity index (χ0) is 6.91. The van der Waals surface area contributed by atoms with Crippen molar-refractivity contribution in [2.45, 2.75) is 6.42 Å². The second-order valence-electron chi connectivity index (χ2n) is 2.58. The molecule has 9 heavy (non-hydrogen) atoms. The molecular formula is C6H8F2O. The Morgan fingerprint density at radius 3 is 2.22 bits per heavy atom. The lowest BCUT2D eigenvalue weighted by molar-refractivity contribution is -0.109. The lowest BCUT2D eigenvalue weighted by atomic mass is 10.1. The molecule has 0 aliphatic heterocycles. The second-order valence-corrected chi connectivity index (χ2v) is 2.58. The Morgan fingerprint density at radius 1 is 1.56 bits per heavy atom. The van der Waals surface area contributed by atoms with Gasteiger partial charge in [-0.2, -0.15) is 0 Å². The van der Waals surface area contributed by atoms with Crippen LogP contribution < -0.4 is 0 Å². The molecule has 0 aromatic heterocycles. The fourth-order valence-corrected chi connectivity index (χ4v) is 0.915. The monoisotopic (exact) mass is 134 g/mol. The van der Waals surface area contributed by atoms with E-state index < -0.39 is 18.8 Å². The molecule has 0 N–H and O–H groups in total. The summed E-state index contributed by atoms with van der Waals surface area (Å²) in [5.74, 6) is -0.354. The highest BCUT2D eigenvalue weighted by molar-refractivity contribution is 5.60. The van der Waals surface area contributed by atoms with Crippen LogP contribution in [0.15, 0.2) is 0 Å². The molecule has 0 bridgehead atoms. The van der Waals surface area contributed by atoms with Gasteiger partial charge in [0.15, 0.2) is 0 Å². The first-order valence-corrected chi connectivity index (χ1v) is 2.86. The number of carbonyl (C=O) groups excluding carboxylic acids is 1. The lowest BCUT2D eigenvalue weighted by Crippen LogP contribution is -2.09. The smallest absolute Gasteiger partial charge is 0.123 e. The summed E-state index contributed by atoms with van der Waals surface area (Å²) in [6.45, 7) is -1.40. The molecule has 0 saturated heterocycles. The molecule has 52 valence electrons. The third-order valence-electron chi connectivity index (χ3n) is 1.95. The van der Waals surface area contributed by atoms with Gasteiger partial charge in [0.25, 0.3) is 0 Å². The minimum absolute atomic E-state index is 0.354. The van der Waals surface area contributed by atoms with E-state index in [0.29, 0.717) is 12.7 Å². The zero-order valence-electron chi connectivity index (χ0n) is 4.94. The molecule has 0 heterocycles. The van der Waals surface area contributed by atoms with Crippen LogP contribution in [0.5, 0.6) is 0 Å². The van der Waals surface area contributed by atoms with E-state index in [2.05, 4.69) is 0 Å². The Morgan fingerprint density at radius 2 is 2.11 bits per heavy atom. The van der Waals surface area contributed by atoms with E-state index in [1.165, 1.54) is 0 Å². The van der Waals surface area contributed by atoms with Crippen LogP contribution >= 0.6 is 0 Å². The van der Waals surface area contributed by atoms with Crippen molar-refractivity contribution < 1.29 is 13.6 Å². The summed E-state index contributed by atoms with van der Waals surface area (Å²) in [7, 11) is 0. The summed E-state index contributed by atoms with van der Waals surface area (Å²) in [5, 5.41) is 0. The normalized spacial score (nSPS) is 29.8. The van der Waals surface area contributed by atoms with E-state index in [1.54, 1.807) is 0 Å². The van der Waals surface area contributed by atoms with Gasteiger partial charge in [-0.3, -0.25) is 8.78 Å². The van der Waals surface area contributed by atoms with Gasteiger partial charge in [-0.1, -0.05) is 0 Å². The molecule has 1 saturated carbocycles. The minimum atomic E-state index is -0.901. The van der Waals surface area contributed by atoms with Gasteiger partial charge in [-0.05, 0) is 6.42 Å². The number of alkyl halides is 2. The zero-order valence-corrected chi connectivity index (χ0v) is 4.94. The number of halogens is 2. The topological polar surface area (TPSA) is 17.1 Å². The van der Waals surface area contributed by atoms with Crippen LogP contribution in [0.4, 0.5) is 8.78 Å². The van der Waals surface area contributed by atoms with Crippen molar-refractivity contribution in [3.8, 4) is 0 Å². The summed E-state index contributed by atoms with van der Waals surface area (Å²) in [4.78, 5) is 9.97. The molecule has 1 rings (SSSR count). The molecular weight excluding hydrogens is 126 g/mol. The molecule has 1 aliphatic carbocycles. The third kappa shape index (κ3) is 0.843. The number of hydrogen-bond donors (Lipinski definition) is 0. The van der Waals surface area contributed by atoms with Crippen LogP contribution in [-0.2, 0) is 4.79 Å². The Hall–Kier alpha value is -0.470. The van der Waals surface area contributed by atoms with E-state index in [9.17, 15) is 13.6 Å². The maximum Gasteiger partial charge on any atom is 0.123 e. The van der Waals surface area contributed by atoms with Gasteiger partial charge in [-0.25, -0.2) is 0 Å². The van der Waals surface area contributed by atoms with Gasteiger partial charge < -0.3 is 4.79 Å². The predicted octanol–water partition coefficient (Wildman–Crippen LogP) is 1.13. The summed E-state index contributed by atoms with van der Waals surface area (Å²) in [5.41, 5.74) is -0.901. The fraction of sp³-hybridized carbons (Fsp3) is 0.833. The van der Waals surface area contributed by atoms with Crippen molar-refractivity contribution >= 4 is 6.29 Å². The second kappa shape index (κ2) is 2.05. The molecule has 0 aromatic rings. The average Bonchev–Trinajstić information content (AvgIpc) is 2.63. The molecule has 1 fully saturated rings. The highest BCUT2D eigenvalue weighted by Gasteiger charge is 2.54. The largest absolute Gasteiger partial charge is 0.303 e. The highest BCUT2D eigenvalue weighted by Crippen LogP contribution is 2.51. The first-order valence-electron chi connectivity index (χ1n) is 2.86. The fourth-order valence-electron chi connectivity index (χ4n) is 0.915. The molecule has 0 amide bonds. The standard InChI is InChI=1S/C6H8F2O/c7-3-6(4-8)1-5(6)2-9/h2,5H,1,3-4H2. The average molecular weight is 134 g/mol. The van der Waals surface area contributed by atoms with E-state index in [-0.39, 0.29) is 5.92 Å².